The zero-order valence-corrected chi connectivity index (χ0v) is 11.6. The van der Waals surface area contributed by atoms with Crippen LogP contribution in [0.4, 0.5) is 0 Å². The molecule has 19 heavy (non-hydrogen) atoms. The molecule has 0 spiro atoms. The first-order valence-electron chi connectivity index (χ1n) is 6.10. The van der Waals surface area contributed by atoms with Crippen molar-refractivity contribution in [2.24, 2.45) is 9.98 Å². The molecule has 0 amide bonds. The summed E-state index contributed by atoms with van der Waals surface area (Å²) in [5.41, 5.74) is 1.65. The van der Waals surface area contributed by atoms with Crippen molar-refractivity contribution in [3.8, 4) is 0 Å². The van der Waals surface area contributed by atoms with Crippen LogP contribution in [0.5, 0.6) is 0 Å². The standard InChI is InChI=1S/C14H15ClN2O2/c1-3-13(16-8-18)10-5-11(7-12(15)6-10)14(4-2)17-9-19/h5-7,13-14H,3-4H2,1-2H3. The van der Waals surface area contributed by atoms with E-state index in [1.54, 1.807) is 24.3 Å². The average molecular weight is 279 g/mol. The normalized spacial score (nSPS) is 13.0. The van der Waals surface area contributed by atoms with Crippen LogP contribution in [0.3, 0.4) is 0 Å². The van der Waals surface area contributed by atoms with Crippen LogP contribution in [0.2, 0.25) is 5.02 Å². The SMILES string of the molecule is CCC(N=C=O)c1cc(Cl)cc(C(CC)N=C=O)c1. The molecule has 0 saturated carbocycles. The second-order valence-electron chi connectivity index (χ2n) is 4.11. The lowest BCUT2D eigenvalue weighted by atomic mass is 9.98. The van der Waals surface area contributed by atoms with Gasteiger partial charge in [-0.3, -0.25) is 0 Å². The van der Waals surface area contributed by atoms with Gasteiger partial charge < -0.3 is 0 Å². The predicted molar refractivity (Wildman–Crippen MR) is 73.8 cm³/mol. The van der Waals surface area contributed by atoms with Crippen molar-refractivity contribution in [3.05, 3.63) is 34.3 Å². The van der Waals surface area contributed by atoms with Gasteiger partial charge in [0.2, 0.25) is 12.2 Å². The first kappa shape index (κ1) is 15.3. The van der Waals surface area contributed by atoms with Crippen molar-refractivity contribution in [2.75, 3.05) is 0 Å². The summed E-state index contributed by atoms with van der Waals surface area (Å²) in [6.45, 7) is 3.85. The van der Waals surface area contributed by atoms with Gasteiger partial charge in [-0.1, -0.05) is 31.5 Å². The van der Waals surface area contributed by atoms with Gasteiger partial charge in [0.15, 0.2) is 0 Å². The van der Waals surface area contributed by atoms with Gasteiger partial charge in [-0.25, -0.2) is 9.59 Å². The lowest BCUT2D eigenvalue weighted by Gasteiger charge is -2.14. The smallest absolute Gasteiger partial charge is 0.211 e. The van der Waals surface area contributed by atoms with Crippen molar-refractivity contribution >= 4 is 23.8 Å². The number of hydrogen-bond donors (Lipinski definition) is 0. The lowest BCUT2D eigenvalue weighted by molar-refractivity contribution is 0.555. The van der Waals surface area contributed by atoms with Gasteiger partial charge in [-0.05, 0) is 36.1 Å². The highest BCUT2D eigenvalue weighted by molar-refractivity contribution is 6.30. The van der Waals surface area contributed by atoms with E-state index in [2.05, 4.69) is 9.98 Å². The molecule has 1 aromatic carbocycles. The summed E-state index contributed by atoms with van der Waals surface area (Å²) in [5, 5.41) is 0.534. The van der Waals surface area contributed by atoms with Gasteiger partial charge in [0.25, 0.3) is 0 Å². The molecular formula is C14H15ClN2O2. The fraction of sp³-hybridized carbons (Fsp3) is 0.429. The molecular weight excluding hydrogens is 264 g/mol. The number of halogens is 1. The van der Waals surface area contributed by atoms with Crippen molar-refractivity contribution in [1.82, 2.24) is 0 Å². The summed E-state index contributed by atoms with van der Waals surface area (Å²) in [6, 6.07) is 4.85. The first-order valence-corrected chi connectivity index (χ1v) is 6.48. The van der Waals surface area contributed by atoms with E-state index in [0.717, 1.165) is 11.1 Å². The van der Waals surface area contributed by atoms with E-state index in [-0.39, 0.29) is 12.1 Å². The monoisotopic (exact) mass is 278 g/mol. The molecule has 4 nitrogen and oxygen atoms in total. The Hall–Kier alpha value is -1.73. The predicted octanol–water partition coefficient (Wildman–Crippen LogP) is 3.91. The Labute approximate surface area is 117 Å². The van der Waals surface area contributed by atoms with E-state index in [0.29, 0.717) is 17.9 Å². The number of hydrogen-bond acceptors (Lipinski definition) is 4. The second-order valence-corrected chi connectivity index (χ2v) is 4.54. The third-order valence-corrected chi connectivity index (χ3v) is 3.12. The summed E-state index contributed by atoms with van der Waals surface area (Å²) < 4.78 is 0. The van der Waals surface area contributed by atoms with Crippen LogP contribution >= 0.6 is 11.6 Å². The Kier molecular flexibility index (Phi) is 6.17. The molecule has 0 fully saturated rings. The molecule has 2 unspecified atom stereocenters. The molecule has 0 aliphatic rings. The van der Waals surface area contributed by atoms with Crippen LogP contribution in [-0.4, -0.2) is 12.2 Å². The minimum Gasteiger partial charge on any atom is -0.211 e. The number of nitrogens with zero attached hydrogens (tertiary/aromatic N) is 2. The van der Waals surface area contributed by atoms with Gasteiger partial charge in [-0.2, -0.15) is 9.98 Å². The minimum atomic E-state index is -0.271. The molecule has 0 aromatic heterocycles. The maximum Gasteiger partial charge on any atom is 0.235 e. The summed E-state index contributed by atoms with van der Waals surface area (Å²) >= 11 is 6.07. The highest BCUT2D eigenvalue weighted by Crippen LogP contribution is 2.30. The zero-order chi connectivity index (χ0) is 14.3. The molecule has 0 N–H and O–H groups in total. The maximum absolute atomic E-state index is 10.4. The number of isocyanates is 2. The van der Waals surface area contributed by atoms with Crippen LogP contribution in [0.1, 0.15) is 49.9 Å². The van der Waals surface area contributed by atoms with E-state index in [1.807, 2.05) is 19.9 Å². The number of benzene rings is 1. The molecule has 0 bridgehead atoms. The van der Waals surface area contributed by atoms with Crippen LogP contribution in [0.25, 0.3) is 0 Å². The summed E-state index contributed by atoms with van der Waals surface area (Å²) in [6.07, 6.45) is 4.48. The van der Waals surface area contributed by atoms with Crippen LogP contribution in [0, 0.1) is 0 Å². The highest BCUT2D eigenvalue weighted by atomic mass is 35.5. The topological polar surface area (TPSA) is 58.9 Å². The van der Waals surface area contributed by atoms with Crippen molar-refractivity contribution in [3.63, 3.8) is 0 Å². The molecule has 100 valence electrons. The van der Waals surface area contributed by atoms with E-state index in [9.17, 15) is 9.59 Å². The van der Waals surface area contributed by atoms with Gasteiger partial charge in [0, 0.05) is 5.02 Å². The van der Waals surface area contributed by atoms with Gasteiger partial charge in [0.1, 0.15) is 0 Å². The Morgan fingerprint density at radius 3 is 1.74 bits per heavy atom. The molecule has 0 radical (unpaired) electrons. The maximum atomic E-state index is 10.4. The van der Waals surface area contributed by atoms with Crippen LogP contribution in [0.15, 0.2) is 28.2 Å². The molecule has 0 aliphatic carbocycles. The molecule has 0 heterocycles. The van der Waals surface area contributed by atoms with Gasteiger partial charge in [0.05, 0.1) is 12.1 Å². The van der Waals surface area contributed by atoms with Crippen LogP contribution in [-0.2, 0) is 9.59 Å². The first-order chi connectivity index (χ1) is 9.15. The number of aliphatic imine (C=N–C) groups is 2. The van der Waals surface area contributed by atoms with E-state index in [1.165, 1.54) is 0 Å². The largest absolute Gasteiger partial charge is 0.235 e. The van der Waals surface area contributed by atoms with Crippen molar-refractivity contribution in [1.29, 1.82) is 0 Å². The Morgan fingerprint density at radius 1 is 1.00 bits per heavy atom. The Bertz CT molecular complexity index is 488. The summed E-state index contributed by atoms with van der Waals surface area (Å²) in [4.78, 5) is 28.3. The van der Waals surface area contributed by atoms with Gasteiger partial charge >= 0.3 is 0 Å². The van der Waals surface area contributed by atoms with E-state index < -0.39 is 0 Å². The molecule has 1 rings (SSSR count). The fourth-order valence-electron chi connectivity index (χ4n) is 1.95. The number of carbonyl (C=O) groups excluding carboxylic acids is 2. The fourth-order valence-corrected chi connectivity index (χ4v) is 2.20. The highest BCUT2D eigenvalue weighted by Gasteiger charge is 2.14. The third kappa shape index (κ3) is 4.15. The number of rotatable bonds is 6. The average Bonchev–Trinajstić information content (AvgIpc) is 2.41. The van der Waals surface area contributed by atoms with Crippen molar-refractivity contribution < 1.29 is 9.59 Å². The molecule has 0 saturated heterocycles. The molecule has 0 aliphatic heterocycles. The molecule has 5 heteroatoms. The third-order valence-electron chi connectivity index (χ3n) is 2.90. The van der Waals surface area contributed by atoms with Gasteiger partial charge in [-0.15, -0.1) is 0 Å². The minimum absolute atomic E-state index is 0.271. The zero-order valence-electron chi connectivity index (χ0n) is 10.9. The molecule has 1 aromatic rings. The molecule has 2 atom stereocenters. The lowest BCUT2D eigenvalue weighted by Crippen LogP contribution is -1.99. The summed E-state index contributed by atoms with van der Waals surface area (Å²) in [7, 11) is 0. The summed E-state index contributed by atoms with van der Waals surface area (Å²) in [5.74, 6) is 0. The van der Waals surface area contributed by atoms with Crippen LogP contribution < -0.4 is 0 Å². The van der Waals surface area contributed by atoms with Crippen molar-refractivity contribution in [2.45, 2.75) is 38.8 Å². The van der Waals surface area contributed by atoms with E-state index in [4.69, 9.17) is 11.6 Å². The van der Waals surface area contributed by atoms with E-state index >= 15 is 0 Å². The Balaban J connectivity index is 3.25. The Morgan fingerprint density at radius 2 is 1.42 bits per heavy atom. The second kappa shape index (κ2) is 7.65. The quantitative estimate of drug-likeness (QED) is 0.585.